The molecule has 0 bridgehead atoms. The van der Waals surface area contributed by atoms with E-state index >= 15 is 0 Å². The van der Waals surface area contributed by atoms with E-state index in [1.165, 1.54) is 0 Å². The summed E-state index contributed by atoms with van der Waals surface area (Å²) in [4.78, 5) is 26.1. The highest BCUT2D eigenvalue weighted by Gasteiger charge is 2.34. The van der Waals surface area contributed by atoms with Gasteiger partial charge in [0, 0.05) is 4.88 Å². The summed E-state index contributed by atoms with van der Waals surface area (Å²) in [7, 11) is 0. The van der Waals surface area contributed by atoms with Crippen LogP contribution in [0.5, 0.6) is 0 Å². The second kappa shape index (κ2) is 4.25. The number of rotatable bonds is 2. The maximum absolute atomic E-state index is 11.8. The van der Waals surface area contributed by atoms with Crippen molar-refractivity contribution >= 4 is 23.2 Å². The van der Waals surface area contributed by atoms with E-state index in [-0.39, 0.29) is 24.4 Å². The Hall–Kier alpha value is -1.36. The van der Waals surface area contributed by atoms with E-state index in [4.69, 9.17) is 0 Å². The number of hydrogen-bond donors (Lipinski definition) is 1. The molecule has 1 fully saturated rings. The summed E-state index contributed by atoms with van der Waals surface area (Å²) in [6.07, 6.45) is 0. The van der Waals surface area contributed by atoms with Crippen LogP contribution in [0.2, 0.25) is 0 Å². The maximum atomic E-state index is 11.8. The van der Waals surface area contributed by atoms with Gasteiger partial charge in [-0.2, -0.15) is 0 Å². The quantitative estimate of drug-likeness (QED) is 0.840. The van der Waals surface area contributed by atoms with Crippen LogP contribution in [0.4, 0.5) is 0 Å². The van der Waals surface area contributed by atoms with Crippen molar-refractivity contribution in [3.8, 4) is 0 Å². The average Bonchev–Trinajstić information content (AvgIpc) is 2.77. The number of hydrogen-bond acceptors (Lipinski definition) is 3. The first kappa shape index (κ1) is 11.1. The van der Waals surface area contributed by atoms with Gasteiger partial charge in [0.05, 0.1) is 12.6 Å². The summed E-state index contributed by atoms with van der Waals surface area (Å²) >= 11 is 1.60. The minimum atomic E-state index is -0.390. The summed E-state index contributed by atoms with van der Waals surface area (Å²) in [5.74, 6) is -0.101. The summed E-state index contributed by atoms with van der Waals surface area (Å²) in [6.45, 7) is 3.83. The highest BCUT2D eigenvalue weighted by atomic mass is 32.1. The molecule has 1 aliphatic rings. The molecule has 2 heterocycles. The predicted molar refractivity (Wildman–Crippen MR) is 62.1 cm³/mol. The summed E-state index contributed by atoms with van der Waals surface area (Å²) < 4.78 is 0. The van der Waals surface area contributed by atoms with Gasteiger partial charge < -0.3 is 10.2 Å². The minimum Gasteiger partial charge on any atom is -0.345 e. The monoisotopic (exact) mass is 238 g/mol. The van der Waals surface area contributed by atoms with Crippen molar-refractivity contribution in [2.75, 3.05) is 6.54 Å². The molecule has 1 aromatic rings. The Morgan fingerprint density at radius 1 is 1.56 bits per heavy atom. The first-order valence-electron chi connectivity index (χ1n) is 5.23. The van der Waals surface area contributed by atoms with E-state index in [2.05, 4.69) is 5.32 Å². The van der Waals surface area contributed by atoms with Gasteiger partial charge in [0.15, 0.2) is 0 Å². The summed E-state index contributed by atoms with van der Waals surface area (Å²) in [5.41, 5.74) is 0. The molecule has 16 heavy (non-hydrogen) atoms. The SMILES string of the molecule is CC1C(=O)NCC(=O)N1C(C)c1cccs1. The third-order valence-corrected chi connectivity index (χ3v) is 3.91. The van der Waals surface area contributed by atoms with Crippen LogP contribution in [0.25, 0.3) is 0 Å². The van der Waals surface area contributed by atoms with E-state index in [0.29, 0.717) is 0 Å². The third-order valence-electron chi connectivity index (χ3n) is 2.87. The van der Waals surface area contributed by atoms with Crippen molar-refractivity contribution in [2.45, 2.75) is 25.9 Å². The van der Waals surface area contributed by atoms with Crippen LogP contribution in [0.1, 0.15) is 24.8 Å². The molecular weight excluding hydrogens is 224 g/mol. The van der Waals surface area contributed by atoms with Gasteiger partial charge in [-0.3, -0.25) is 9.59 Å². The Balaban J connectivity index is 2.24. The van der Waals surface area contributed by atoms with Gasteiger partial charge in [-0.05, 0) is 25.3 Å². The van der Waals surface area contributed by atoms with Crippen LogP contribution in [0.15, 0.2) is 17.5 Å². The Kier molecular flexibility index (Phi) is 2.96. The van der Waals surface area contributed by atoms with Crippen molar-refractivity contribution in [3.05, 3.63) is 22.4 Å². The van der Waals surface area contributed by atoms with Crippen molar-refractivity contribution in [1.82, 2.24) is 10.2 Å². The molecular formula is C11H14N2O2S. The number of piperazine rings is 1. The highest BCUT2D eigenvalue weighted by Crippen LogP contribution is 2.27. The van der Waals surface area contributed by atoms with Crippen LogP contribution < -0.4 is 5.32 Å². The van der Waals surface area contributed by atoms with E-state index in [9.17, 15) is 9.59 Å². The summed E-state index contributed by atoms with van der Waals surface area (Å²) in [6, 6.07) is 3.52. The van der Waals surface area contributed by atoms with Crippen LogP contribution in [-0.2, 0) is 9.59 Å². The van der Waals surface area contributed by atoms with Crippen LogP contribution >= 0.6 is 11.3 Å². The zero-order valence-electron chi connectivity index (χ0n) is 9.27. The standard InChI is InChI=1S/C11H14N2O2S/c1-7(9-4-3-5-16-9)13-8(2)11(15)12-6-10(13)14/h3-5,7-8H,6H2,1-2H3,(H,12,15). The molecule has 5 heteroatoms. The molecule has 0 aliphatic carbocycles. The van der Waals surface area contributed by atoms with Gasteiger partial charge >= 0.3 is 0 Å². The minimum absolute atomic E-state index is 0.0204. The lowest BCUT2D eigenvalue weighted by atomic mass is 10.1. The van der Waals surface area contributed by atoms with E-state index in [1.807, 2.05) is 24.4 Å². The number of nitrogens with zero attached hydrogens (tertiary/aromatic N) is 1. The van der Waals surface area contributed by atoms with Crippen LogP contribution in [-0.4, -0.2) is 29.3 Å². The second-order valence-corrected chi connectivity index (χ2v) is 4.87. The molecule has 2 unspecified atom stereocenters. The highest BCUT2D eigenvalue weighted by molar-refractivity contribution is 7.10. The average molecular weight is 238 g/mol. The van der Waals surface area contributed by atoms with Gasteiger partial charge in [-0.1, -0.05) is 6.07 Å². The fourth-order valence-corrected chi connectivity index (χ4v) is 2.74. The Labute approximate surface area is 98.3 Å². The lowest BCUT2D eigenvalue weighted by Crippen LogP contribution is -2.57. The number of nitrogens with one attached hydrogen (secondary N) is 1. The fraction of sp³-hybridized carbons (Fsp3) is 0.455. The lowest BCUT2D eigenvalue weighted by molar-refractivity contribution is -0.147. The molecule has 1 aromatic heterocycles. The molecule has 0 radical (unpaired) electrons. The predicted octanol–water partition coefficient (Wildman–Crippen LogP) is 1.16. The van der Waals surface area contributed by atoms with Gasteiger partial charge in [0.25, 0.3) is 0 Å². The molecule has 1 N–H and O–H groups in total. The lowest BCUT2D eigenvalue weighted by Gasteiger charge is -2.36. The molecule has 86 valence electrons. The topological polar surface area (TPSA) is 49.4 Å². The molecule has 0 spiro atoms. The summed E-state index contributed by atoms with van der Waals surface area (Å²) in [5, 5.41) is 4.56. The van der Waals surface area contributed by atoms with Gasteiger partial charge in [0.1, 0.15) is 6.04 Å². The zero-order chi connectivity index (χ0) is 11.7. The van der Waals surface area contributed by atoms with Gasteiger partial charge in [-0.25, -0.2) is 0 Å². The number of carbonyl (C=O) groups is 2. The number of carbonyl (C=O) groups excluding carboxylic acids is 2. The first-order chi connectivity index (χ1) is 7.61. The molecule has 1 aliphatic heterocycles. The first-order valence-corrected chi connectivity index (χ1v) is 6.11. The zero-order valence-corrected chi connectivity index (χ0v) is 10.1. The smallest absolute Gasteiger partial charge is 0.243 e. The molecule has 4 nitrogen and oxygen atoms in total. The number of thiophene rings is 1. The molecule has 2 atom stereocenters. The molecule has 0 saturated carbocycles. The number of amides is 2. The second-order valence-electron chi connectivity index (χ2n) is 3.89. The Morgan fingerprint density at radius 3 is 2.94 bits per heavy atom. The van der Waals surface area contributed by atoms with Gasteiger partial charge in [-0.15, -0.1) is 11.3 Å². The van der Waals surface area contributed by atoms with Gasteiger partial charge in [0.2, 0.25) is 11.8 Å². The maximum Gasteiger partial charge on any atom is 0.243 e. The van der Waals surface area contributed by atoms with E-state index < -0.39 is 6.04 Å². The van der Waals surface area contributed by atoms with Crippen molar-refractivity contribution in [1.29, 1.82) is 0 Å². The normalized spacial score (nSPS) is 23.1. The molecule has 2 amide bonds. The molecule has 0 aromatic carbocycles. The molecule has 1 saturated heterocycles. The van der Waals surface area contributed by atoms with E-state index in [1.54, 1.807) is 23.2 Å². The van der Waals surface area contributed by atoms with Crippen LogP contribution in [0, 0.1) is 0 Å². The third kappa shape index (κ3) is 1.82. The Bertz CT molecular complexity index is 402. The molecule has 2 rings (SSSR count). The fourth-order valence-electron chi connectivity index (χ4n) is 1.96. The van der Waals surface area contributed by atoms with Crippen molar-refractivity contribution in [2.24, 2.45) is 0 Å². The van der Waals surface area contributed by atoms with Crippen molar-refractivity contribution in [3.63, 3.8) is 0 Å². The van der Waals surface area contributed by atoms with Crippen molar-refractivity contribution < 1.29 is 9.59 Å². The Morgan fingerprint density at radius 2 is 2.31 bits per heavy atom. The van der Waals surface area contributed by atoms with E-state index in [0.717, 1.165) is 4.88 Å². The van der Waals surface area contributed by atoms with Crippen LogP contribution in [0.3, 0.4) is 0 Å². The largest absolute Gasteiger partial charge is 0.345 e.